The van der Waals surface area contributed by atoms with Gasteiger partial charge < -0.3 is 26.8 Å². The number of hydrogen-bond acceptors (Lipinski definition) is 6. The minimum absolute atomic E-state index is 0.108. The standard InChI is InChI=1S/C16H20N4O2/c17-13(12-3-1-2-4-15(12)22)8-14-16(18)19-9-10-7-11(21)5-6-20(10)14/h1-4,8,10,19,22H,5-7,9,17-18H2/b13-8-. The highest BCUT2D eigenvalue weighted by Gasteiger charge is 2.32. The third-order valence-electron chi connectivity index (χ3n) is 4.16. The van der Waals surface area contributed by atoms with Crippen LogP contribution in [-0.2, 0) is 4.79 Å². The van der Waals surface area contributed by atoms with Crippen molar-refractivity contribution in [3.05, 3.63) is 47.4 Å². The fourth-order valence-corrected chi connectivity index (χ4v) is 2.98. The smallest absolute Gasteiger partial charge is 0.136 e. The first kappa shape index (κ1) is 14.3. The average molecular weight is 300 g/mol. The average Bonchev–Trinajstić information content (AvgIpc) is 2.50. The second kappa shape index (κ2) is 5.63. The van der Waals surface area contributed by atoms with Crippen molar-refractivity contribution in [3.8, 4) is 5.75 Å². The van der Waals surface area contributed by atoms with E-state index in [0.717, 1.165) is 5.70 Å². The Bertz CT molecular complexity index is 666. The summed E-state index contributed by atoms with van der Waals surface area (Å²) in [7, 11) is 0. The summed E-state index contributed by atoms with van der Waals surface area (Å²) in [5, 5.41) is 13.0. The molecule has 0 spiro atoms. The molecule has 0 bridgehead atoms. The first-order valence-electron chi connectivity index (χ1n) is 7.33. The topological polar surface area (TPSA) is 105 Å². The molecule has 116 valence electrons. The summed E-state index contributed by atoms with van der Waals surface area (Å²) >= 11 is 0. The maximum atomic E-state index is 11.6. The van der Waals surface area contributed by atoms with Crippen molar-refractivity contribution in [3.63, 3.8) is 0 Å². The Morgan fingerprint density at radius 3 is 2.95 bits per heavy atom. The Kier molecular flexibility index (Phi) is 3.66. The lowest BCUT2D eigenvalue weighted by molar-refractivity contribution is -0.122. The Balaban J connectivity index is 1.94. The molecule has 1 aromatic carbocycles. The van der Waals surface area contributed by atoms with Gasteiger partial charge in [-0.3, -0.25) is 4.79 Å². The summed E-state index contributed by atoms with van der Waals surface area (Å²) in [6, 6.07) is 7.01. The number of phenolic OH excluding ortho intramolecular Hbond substituents is 1. The van der Waals surface area contributed by atoms with Crippen molar-refractivity contribution in [2.75, 3.05) is 13.1 Å². The Hall–Kier alpha value is -2.63. The molecule has 6 heteroatoms. The molecule has 0 saturated carbocycles. The third kappa shape index (κ3) is 2.59. The maximum Gasteiger partial charge on any atom is 0.136 e. The molecule has 6 nitrogen and oxygen atoms in total. The molecule has 0 aromatic heterocycles. The van der Waals surface area contributed by atoms with Gasteiger partial charge in [0.25, 0.3) is 0 Å². The molecule has 22 heavy (non-hydrogen) atoms. The summed E-state index contributed by atoms with van der Waals surface area (Å²) in [6.07, 6.45) is 2.81. The lowest BCUT2D eigenvalue weighted by Crippen LogP contribution is -2.52. The highest BCUT2D eigenvalue weighted by molar-refractivity contribution is 5.80. The molecule has 3 rings (SSSR count). The normalized spacial score (nSPS) is 22.4. The SMILES string of the molecule is NC1=C(/C=C(\N)c2ccccc2O)N2CCC(=O)CC2CN1. The summed E-state index contributed by atoms with van der Waals surface area (Å²) in [4.78, 5) is 13.7. The van der Waals surface area contributed by atoms with Gasteiger partial charge in [-0.2, -0.15) is 0 Å². The second-order valence-corrected chi connectivity index (χ2v) is 5.64. The van der Waals surface area contributed by atoms with Crippen molar-refractivity contribution >= 4 is 11.5 Å². The maximum absolute atomic E-state index is 11.6. The van der Waals surface area contributed by atoms with E-state index in [2.05, 4.69) is 10.2 Å². The summed E-state index contributed by atoms with van der Waals surface area (Å²) in [6.45, 7) is 1.30. The van der Waals surface area contributed by atoms with Gasteiger partial charge in [0.1, 0.15) is 17.4 Å². The van der Waals surface area contributed by atoms with Crippen molar-refractivity contribution < 1.29 is 9.90 Å². The first-order chi connectivity index (χ1) is 10.6. The molecule has 1 saturated heterocycles. The number of benzene rings is 1. The zero-order valence-electron chi connectivity index (χ0n) is 12.2. The van der Waals surface area contributed by atoms with Gasteiger partial charge >= 0.3 is 0 Å². The van der Waals surface area contributed by atoms with E-state index in [1.54, 1.807) is 24.3 Å². The Labute approximate surface area is 129 Å². The van der Waals surface area contributed by atoms with E-state index in [1.807, 2.05) is 6.07 Å². The zero-order valence-corrected chi connectivity index (χ0v) is 12.2. The van der Waals surface area contributed by atoms with Gasteiger partial charge in [-0.25, -0.2) is 0 Å². The monoisotopic (exact) mass is 300 g/mol. The van der Waals surface area contributed by atoms with Crippen LogP contribution in [0.25, 0.3) is 5.70 Å². The molecule has 2 heterocycles. The lowest BCUT2D eigenvalue weighted by Gasteiger charge is -2.41. The summed E-state index contributed by atoms with van der Waals surface area (Å²) in [5.74, 6) is 0.953. The number of carbonyl (C=O) groups excluding carboxylic acids is 1. The molecule has 0 radical (unpaired) electrons. The Morgan fingerprint density at radius 1 is 1.41 bits per heavy atom. The number of nitrogens with zero attached hydrogens (tertiary/aromatic N) is 1. The zero-order chi connectivity index (χ0) is 15.7. The van der Waals surface area contributed by atoms with E-state index in [1.165, 1.54) is 0 Å². The molecular weight excluding hydrogens is 280 g/mol. The van der Waals surface area contributed by atoms with E-state index in [-0.39, 0.29) is 17.6 Å². The largest absolute Gasteiger partial charge is 0.507 e. The van der Waals surface area contributed by atoms with E-state index in [4.69, 9.17) is 11.5 Å². The van der Waals surface area contributed by atoms with Crippen molar-refractivity contribution in [1.29, 1.82) is 0 Å². The lowest BCUT2D eigenvalue weighted by atomic mass is 9.97. The van der Waals surface area contributed by atoms with Crippen molar-refractivity contribution in [2.45, 2.75) is 18.9 Å². The quantitative estimate of drug-likeness (QED) is 0.632. The molecular formula is C16H20N4O2. The number of hydrogen-bond donors (Lipinski definition) is 4. The molecule has 1 aromatic rings. The predicted molar refractivity (Wildman–Crippen MR) is 84.2 cm³/mol. The number of piperidine rings is 1. The molecule has 2 aliphatic rings. The van der Waals surface area contributed by atoms with Crippen LogP contribution in [0.1, 0.15) is 18.4 Å². The van der Waals surface area contributed by atoms with Crippen molar-refractivity contribution in [2.24, 2.45) is 11.5 Å². The van der Waals surface area contributed by atoms with Crippen LogP contribution in [0.3, 0.4) is 0 Å². The van der Waals surface area contributed by atoms with Crippen LogP contribution in [0.15, 0.2) is 41.9 Å². The van der Waals surface area contributed by atoms with Crippen LogP contribution in [-0.4, -0.2) is 34.9 Å². The number of phenols is 1. The minimum atomic E-state index is 0.108. The highest BCUT2D eigenvalue weighted by Crippen LogP contribution is 2.27. The summed E-state index contributed by atoms with van der Waals surface area (Å²) < 4.78 is 0. The first-order valence-corrected chi connectivity index (χ1v) is 7.33. The molecule has 0 aliphatic carbocycles. The van der Waals surface area contributed by atoms with E-state index in [0.29, 0.717) is 43.0 Å². The molecule has 2 aliphatic heterocycles. The van der Waals surface area contributed by atoms with Crippen LogP contribution in [0.5, 0.6) is 5.75 Å². The number of rotatable bonds is 2. The molecule has 1 atom stereocenters. The van der Waals surface area contributed by atoms with E-state index in [9.17, 15) is 9.90 Å². The third-order valence-corrected chi connectivity index (χ3v) is 4.16. The van der Waals surface area contributed by atoms with Gasteiger partial charge in [0, 0.05) is 37.2 Å². The van der Waals surface area contributed by atoms with Crippen LogP contribution < -0.4 is 16.8 Å². The number of nitrogens with two attached hydrogens (primary N) is 2. The van der Waals surface area contributed by atoms with Gasteiger partial charge in [-0.15, -0.1) is 0 Å². The van der Waals surface area contributed by atoms with Gasteiger partial charge in [0.2, 0.25) is 0 Å². The van der Waals surface area contributed by atoms with Crippen molar-refractivity contribution in [1.82, 2.24) is 10.2 Å². The van der Waals surface area contributed by atoms with Crippen LogP contribution in [0.2, 0.25) is 0 Å². The number of carbonyl (C=O) groups is 1. The van der Waals surface area contributed by atoms with Gasteiger partial charge in [0.15, 0.2) is 0 Å². The number of Topliss-reactive ketones (excluding diaryl/α,β-unsaturated/α-hetero) is 1. The van der Waals surface area contributed by atoms with Crippen LogP contribution in [0.4, 0.5) is 0 Å². The van der Waals surface area contributed by atoms with E-state index < -0.39 is 0 Å². The Morgan fingerprint density at radius 2 is 2.18 bits per heavy atom. The number of fused-ring (bicyclic) bond motifs is 1. The van der Waals surface area contributed by atoms with Gasteiger partial charge in [0.05, 0.1) is 11.7 Å². The van der Waals surface area contributed by atoms with E-state index >= 15 is 0 Å². The molecule has 0 amide bonds. The fraction of sp³-hybridized carbons (Fsp3) is 0.312. The summed E-state index contributed by atoms with van der Waals surface area (Å²) in [5.41, 5.74) is 14.0. The fourth-order valence-electron chi connectivity index (χ4n) is 2.98. The van der Waals surface area contributed by atoms with Gasteiger partial charge in [-0.1, -0.05) is 12.1 Å². The van der Waals surface area contributed by atoms with Crippen LogP contribution >= 0.6 is 0 Å². The highest BCUT2D eigenvalue weighted by atomic mass is 16.3. The number of allylic oxidation sites excluding steroid dienone is 1. The number of aromatic hydroxyl groups is 1. The number of ketones is 1. The van der Waals surface area contributed by atoms with Crippen LogP contribution in [0, 0.1) is 0 Å². The number of para-hydroxylation sites is 1. The number of nitrogens with one attached hydrogen (secondary N) is 1. The minimum Gasteiger partial charge on any atom is -0.507 e. The molecule has 1 fully saturated rings. The predicted octanol–water partition coefficient (Wildman–Crippen LogP) is 0.456. The van der Waals surface area contributed by atoms with Gasteiger partial charge in [-0.05, 0) is 18.2 Å². The second-order valence-electron chi connectivity index (χ2n) is 5.64. The molecule has 6 N–H and O–H groups in total. The molecule has 1 unspecified atom stereocenters.